The summed E-state index contributed by atoms with van der Waals surface area (Å²) in [5.41, 5.74) is 6.68. The van der Waals surface area contributed by atoms with Gasteiger partial charge in [-0.05, 0) is 37.3 Å². The molecule has 1 aromatic carbocycles. The summed E-state index contributed by atoms with van der Waals surface area (Å²) < 4.78 is 1.09. The fourth-order valence-corrected chi connectivity index (χ4v) is 2.78. The molecule has 0 aliphatic heterocycles. The van der Waals surface area contributed by atoms with Crippen LogP contribution in [0.1, 0.15) is 18.7 Å². The quantitative estimate of drug-likeness (QED) is 0.931. The van der Waals surface area contributed by atoms with Crippen LogP contribution in [0.4, 0.5) is 0 Å². The first-order valence-electron chi connectivity index (χ1n) is 5.30. The lowest BCUT2D eigenvalue weighted by atomic mass is 10.2. The highest BCUT2D eigenvalue weighted by Crippen LogP contribution is 2.29. The molecule has 1 atom stereocenters. The Kier molecular flexibility index (Phi) is 4.20. The summed E-state index contributed by atoms with van der Waals surface area (Å²) in [5, 5.41) is 0. The van der Waals surface area contributed by atoms with Crippen LogP contribution in [0, 0.1) is 0 Å². The molecule has 0 unspecified atom stereocenters. The molecule has 0 saturated carbocycles. The summed E-state index contributed by atoms with van der Waals surface area (Å²) in [6, 6.07) is 12.2. The van der Waals surface area contributed by atoms with Gasteiger partial charge < -0.3 is 5.73 Å². The second-order valence-corrected chi connectivity index (χ2v) is 5.83. The van der Waals surface area contributed by atoms with Crippen LogP contribution in [0.25, 0.3) is 0 Å². The maximum absolute atomic E-state index is 5.76. The SMILES string of the molecule is C[C@@H](N)c1ccc(Sc2cccc(Br)c2)cn1. The van der Waals surface area contributed by atoms with Crippen molar-refractivity contribution < 1.29 is 0 Å². The lowest BCUT2D eigenvalue weighted by Crippen LogP contribution is -2.06. The molecule has 2 rings (SSSR count). The standard InChI is InChI=1S/C13H13BrN2S/c1-9(15)13-6-5-12(8-16-13)17-11-4-2-3-10(14)7-11/h2-9H,15H2,1H3/t9-/m1/s1. The number of nitrogens with two attached hydrogens (primary N) is 1. The summed E-state index contributed by atoms with van der Waals surface area (Å²) in [5.74, 6) is 0. The Hall–Kier alpha value is -0.840. The van der Waals surface area contributed by atoms with Crippen LogP contribution in [0.3, 0.4) is 0 Å². The predicted octanol–water partition coefficient (Wildman–Crippen LogP) is 4.02. The summed E-state index contributed by atoms with van der Waals surface area (Å²) in [6.07, 6.45) is 1.87. The van der Waals surface area contributed by atoms with Crippen molar-refractivity contribution in [2.75, 3.05) is 0 Å². The minimum absolute atomic E-state index is 0.0140. The van der Waals surface area contributed by atoms with E-state index in [2.05, 4.69) is 39.1 Å². The molecular weight excluding hydrogens is 296 g/mol. The van der Waals surface area contributed by atoms with Crippen molar-refractivity contribution >= 4 is 27.7 Å². The molecule has 0 aliphatic rings. The van der Waals surface area contributed by atoms with Crippen molar-refractivity contribution in [1.82, 2.24) is 4.98 Å². The largest absolute Gasteiger partial charge is 0.323 e. The Morgan fingerprint density at radius 3 is 2.65 bits per heavy atom. The zero-order chi connectivity index (χ0) is 12.3. The Morgan fingerprint density at radius 2 is 2.06 bits per heavy atom. The van der Waals surface area contributed by atoms with E-state index in [1.54, 1.807) is 11.8 Å². The van der Waals surface area contributed by atoms with Crippen molar-refractivity contribution in [2.24, 2.45) is 5.73 Å². The fourth-order valence-electron chi connectivity index (χ4n) is 1.39. The minimum atomic E-state index is -0.0140. The Bertz CT molecular complexity index is 497. The molecule has 0 aliphatic carbocycles. The van der Waals surface area contributed by atoms with Crippen LogP contribution < -0.4 is 5.73 Å². The highest BCUT2D eigenvalue weighted by atomic mass is 79.9. The molecule has 0 saturated heterocycles. The van der Waals surface area contributed by atoms with Gasteiger partial charge in [0.2, 0.25) is 0 Å². The van der Waals surface area contributed by atoms with Crippen LogP contribution in [-0.2, 0) is 0 Å². The van der Waals surface area contributed by atoms with E-state index in [4.69, 9.17) is 5.73 Å². The highest BCUT2D eigenvalue weighted by Gasteiger charge is 2.02. The van der Waals surface area contributed by atoms with Crippen LogP contribution in [-0.4, -0.2) is 4.98 Å². The molecule has 1 heterocycles. The van der Waals surface area contributed by atoms with Crippen molar-refractivity contribution in [2.45, 2.75) is 22.8 Å². The van der Waals surface area contributed by atoms with Crippen molar-refractivity contribution in [1.29, 1.82) is 0 Å². The number of benzene rings is 1. The number of rotatable bonds is 3. The van der Waals surface area contributed by atoms with Gasteiger partial charge in [0.05, 0.1) is 5.69 Å². The molecule has 88 valence electrons. The first-order chi connectivity index (χ1) is 8.15. The Labute approximate surface area is 114 Å². The van der Waals surface area contributed by atoms with Gasteiger partial charge in [0, 0.05) is 26.5 Å². The monoisotopic (exact) mass is 308 g/mol. The first kappa shape index (κ1) is 12.6. The number of hydrogen-bond donors (Lipinski definition) is 1. The topological polar surface area (TPSA) is 38.9 Å². The number of pyridine rings is 1. The van der Waals surface area contributed by atoms with E-state index < -0.39 is 0 Å². The third kappa shape index (κ3) is 3.56. The molecule has 1 aromatic heterocycles. The highest BCUT2D eigenvalue weighted by molar-refractivity contribution is 9.10. The van der Waals surface area contributed by atoms with Crippen molar-refractivity contribution in [3.8, 4) is 0 Å². The number of hydrogen-bond acceptors (Lipinski definition) is 3. The molecular formula is C13H13BrN2S. The van der Waals surface area contributed by atoms with E-state index in [1.807, 2.05) is 31.3 Å². The molecule has 2 nitrogen and oxygen atoms in total. The zero-order valence-corrected chi connectivity index (χ0v) is 11.8. The van der Waals surface area contributed by atoms with Crippen molar-refractivity contribution in [3.63, 3.8) is 0 Å². The van der Waals surface area contributed by atoms with Crippen LogP contribution in [0.5, 0.6) is 0 Å². The summed E-state index contributed by atoms with van der Waals surface area (Å²) in [4.78, 5) is 6.65. The van der Waals surface area contributed by atoms with Crippen LogP contribution in [0.15, 0.2) is 56.9 Å². The smallest absolute Gasteiger partial charge is 0.0569 e. The second kappa shape index (κ2) is 5.67. The zero-order valence-electron chi connectivity index (χ0n) is 9.43. The normalized spacial score (nSPS) is 12.4. The fraction of sp³-hybridized carbons (Fsp3) is 0.154. The summed E-state index contributed by atoms with van der Waals surface area (Å²) in [7, 11) is 0. The molecule has 17 heavy (non-hydrogen) atoms. The van der Waals surface area contributed by atoms with Crippen molar-refractivity contribution in [3.05, 3.63) is 52.8 Å². The van der Waals surface area contributed by atoms with Gasteiger partial charge in [0.1, 0.15) is 0 Å². The first-order valence-corrected chi connectivity index (χ1v) is 6.91. The van der Waals surface area contributed by atoms with Gasteiger partial charge >= 0.3 is 0 Å². The van der Waals surface area contributed by atoms with Gasteiger partial charge in [0.25, 0.3) is 0 Å². The molecule has 0 spiro atoms. The average molecular weight is 309 g/mol. The lowest BCUT2D eigenvalue weighted by Gasteiger charge is -2.06. The third-order valence-corrected chi connectivity index (χ3v) is 3.72. The molecule has 4 heteroatoms. The molecule has 2 aromatic rings. The van der Waals surface area contributed by atoms with E-state index in [0.29, 0.717) is 0 Å². The van der Waals surface area contributed by atoms with E-state index in [0.717, 1.165) is 15.1 Å². The molecule has 0 fully saturated rings. The number of halogens is 1. The van der Waals surface area contributed by atoms with E-state index in [9.17, 15) is 0 Å². The van der Waals surface area contributed by atoms with Gasteiger partial charge in [-0.15, -0.1) is 0 Å². The summed E-state index contributed by atoms with van der Waals surface area (Å²) >= 11 is 5.15. The lowest BCUT2D eigenvalue weighted by molar-refractivity contribution is 0.777. The van der Waals surface area contributed by atoms with Gasteiger partial charge in [-0.2, -0.15) is 0 Å². The van der Waals surface area contributed by atoms with E-state index in [-0.39, 0.29) is 6.04 Å². The number of aromatic nitrogens is 1. The Morgan fingerprint density at radius 1 is 1.24 bits per heavy atom. The van der Waals surface area contributed by atoms with Gasteiger partial charge in [-0.3, -0.25) is 4.98 Å². The van der Waals surface area contributed by atoms with Gasteiger partial charge in [-0.25, -0.2) is 0 Å². The van der Waals surface area contributed by atoms with Crippen LogP contribution in [0.2, 0.25) is 0 Å². The average Bonchev–Trinajstić information content (AvgIpc) is 2.29. The maximum atomic E-state index is 5.76. The minimum Gasteiger partial charge on any atom is -0.323 e. The molecule has 0 bridgehead atoms. The summed E-state index contributed by atoms with van der Waals surface area (Å²) in [6.45, 7) is 1.93. The van der Waals surface area contributed by atoms with Crippen LogP contribution >= 0.6 is 27.7 Å². The van der Waals surface area contributed by atoms with E-state index in [1.165, 1.54) is 4.90 Å². The second-order valence-electron chi connectivity index (χ2n) is 3.77. The van der Waals surface area contributed by atoms with E-state index >= 15 is 0 Å². The van der Waals surface area contributed by atoms with Gasteiger partial charge in [-0.1, -0.05) is 33.8 Å². The Balaban J connectivity index is 2.14. The molecule has 0 amide bonds. The number of nitrogens with zero attached hydrogens (tertiary/aromatic N) is 1. The molecule has 2 N–H and O–H groups in total. The predicted molar refractivity (Wildman–Crippen MR) is 75.1 cm³/mol. The molecule has 0 radical (unpaired) electrons. The third-order valence-electron chi connectivity index (χ3n) is 2.26. The van der Waals surface area contributed by atoms with Gasteiger partial charge in [0.15, 0.2) is 0 Å². The maximum Gasteiger partial charge on any atom is 0.0569 e.